The number of carbonyl (C=O) groups excluding carboxylic acids is 1. The van der Waals surface area contributed by atoms with Crippen molar-refractivity contribution in [1.29, 1.82) is 0 Å². The molecule has 0 radical (unpaired) electrons. The summed E-state index contributed by atoms with van der Waals surface area (Å²) in [5.41, 5.74) is -0.563. The van der Waals surface area contributed by atoms with Crippen molar-refractivity contribution in [2.24, 2.45) is 5.41 Å². The zero-order valence-corrected chi connectivity index (χ0v) is 21.0. The van der Waals surface area contributed by atoms with Crippen LogP contribution in [0.25, 0.3) is 11.2 Å². The number of alkyl halides is 1. The lowest BCUT2D eigenvalue weighted by Crippen LogP contribution is -2.41. The first-order chi connectivity index (χ1) is 15.9. The molecule has 1 aliphatic heterocycles. The lowest BCUT2D eigenvalue weighted by molar-refractivity contribution is -0.149. The Morgan fingerprint density at radius 2 is 2.12 bits per heavy atom. The zero-order valence-electron chi connectivity index (χ0n) is 20.1. The molecule has 2 unspecified atom stereocenters. The molecule has 0 aromatic carbocycles. The normalized spacial score (nSPS) is 27.6. The number of aliphatic hydroxyl groups excluding tert-OH is 1. The summed E-state index contributed by atoms with van der Waals surface area (Å²) in [5.74, 6) is -0.0955. The van der Waals surface area contributed by atoms with Crippen LogP contribution in [0.5, 0.6) is 5.75 Å². The fraction of sp³-hybridized carbons (Fsp3) is 0.667. The molecule has 11 nitrogen and oxygen atoms in total. The average Bonchev–Trinajstić information content (AvgIpc) is 3.31. The molecule has 1 aliphatic rings. The summed E-state index contributed by atoms with van der Waals surface area (Å²) in [4.78, 5) is 20.5. The van der Waals surface area contributed by atoms with E-state index in [-0.39, 0.29) is 12.7 Å². The second-order valence-corrected chi connectivity index (χ2v) is 11.1. The van der Waals surface area contributed by atoms with E-state index in [2.05, 4.69) is 15.1 Å². The Morgan fingerprint density at radius 1 is 1.41 bits per heavy atom. The number of hydrogen-bond acceptors (Lipinski definition) is 9. The van der Waals surface area contributed by atoms with Crippen LogP contribution in [-0.2, 0) is 23.4 Å². The maximum absolute atomic E-state index is 15.6. The minimum Gasteiger partial charge on any atom is -0.494 e. The monoisotopic (exact) mass is 502 g/mol. The van der Waals surface area contributed by atoms with Gasteiger partial charge in [0.05, 0.1) is 44.3 Å². The van der Waals surface area contributed by atoms with Gasteiger partial charge < -0.3 is 23.8 Å². The Labute approximate surface area is 197 Å². The molecule has 6 atom stereocenters. The van der Waals surface area contributed by atoms with E-state index < -0.39 is 50.1 Å². The van der Waals surface area contributed by atoms with E-state index in [1.807, 2.05) is 0 Å². The first-order valence-corrected chi connectivity index (χ1v) is 13.0. The van der Waals surface area contributed by atoms with E-state index in [0.29, 0.717) is 16.9 Å². The van der Waals surface area contributed by atoms with Crippen LogP contribution in [0.2, 0.25) is 0 Å². The standard InChI is InChI=1S/C21H32FN4O7P/c1-12(2)32-20(28)13(3)25-34(6,29)31-9-15-21(4,10-27)17(22)19(33-15)26-11-24-16-14(30-5)7-8-23-18(16)26/h7-8,11-13,15,17,19,27H,9-10H2,1-6H3,(H,25,29)/t13-,15+,17-,19+,21?,34?/m0/s1. The summed E-state index contributed by atoms with van der Waals surface area (Å²) in [6.07, 6.45) is -1.17. The van der Waals surface area contributed by atoms with Gasteiger partial charge in [0.25, 0.3) is 7.52 Å². The van der Waals surface area contributed by atoms with Gasteiger partial charge in [0, 0.05) is 18.9 Å². The molecule has 1 saturated heterocycles. The molecule has 3 rings (SSSR count). The molecule has 3 heterocycles. The molecule has 0 bridgehead atoms. The molecular formula is C21H32FN4O7P. The van der Waals surface area contributed by atoms with Gasteiger partial charge in [-0.2, -0.15) is 0 Å². The number of pyridine rings is 1. The summed E-state index contributed by atoms with van der Waals surface area (Å²) in [5, 5.41) is 12.7. The van der Waals surface area contributed by atoms with Gasteiger partial charge in [0.15, 0.2) is 18.0 Å². The van der Waals surface area contributed by atoms with Crippen molar-refractivity contribution >= 4 is 24.7 Å². The predicted octanol–water partition coefficient (Wildman–Crippen LogP) is 2.44. The van der Waals surface area contributed by atoms with Crippen molar-refractivity contribution in [1.82, 2.24) is 19.6 Å². The van der Waals surface area contributed by atoms with Crippen LogP contribution in [0.1, 0.15) is 33.9 Å². The predicted molar refractivity (Wildman–Crippen MR) is 121 cm³/mol. The highest BCUT2D eigenvalue weighted by molar-refractivity contribution is 7.56. The van der Waals surface area contributed by atoms with Gasteiger partial charge in [0.2, 0.25) is 0 Å². The van der Waals surface area contributed by atoms with Gasteiger partial charge in [-0.3, -0.25) is 13.9 Å². The number of carbonyl (C=O) groups is 1. The van der Waals surface area contributed by atoms with E-state index in [4.69, 9.17) is 18.7 Å². The lowest BCUT2D eigenvalue weighted by atomic mass is 9.82. The first-order valence-electron chi connectivity index (χ1n) is 10.9. The Bertz CT molecular complexity index is 1070. The number of hydrogen-bond donors (Lipinski definition) is 2. The summed E-state index contributed by atoms with van der Waals surface area (Å²) in [6.45, 7) is 6.92. The lowest BCUT2D eigenvalue weighted by Gasteiger charge is -2.30. The third-order valence-electron chi connectivity index (χ3n) is 5.78. The molecule has 13 heteroatoms. The fourth-order valence-electron chi connectivity index (χ4n) is 3.77. The molecule has 34 heavy (non-hydrogen) atoms. The van der Waals surface area contributed by atoms with E-state index >= 15 is 4.39 Å². The Balaban J connectivity index is 1.75. The second kappa shape index (κ2) is 10.2. The van der Waals surface area contributed by atoms with Crippen molar-refractivity contribution in [3.05, 3.63) is 18.6 Å². The van der Waals surface area contributed by atoms with Gasteiger partial charge in [-0.15, -0.1) is 0 Å². The van der Waals surface area contributed by atoms with Crippen LogP contribution >= 0.6 is 7.52 Å². The van der Waals surface area contributed by atoms with Crippen molar-refractivity contribution in [2.75, 3.05) is 27.0 Å². The maximum Gasteiger partial charge on any atom is 0.323 e. The molecule has 2 aromatic heterocycles. The van der Waals surface area contributed by atoms with Crippen molar-refractivity contribution < 1.29 is 37.6 Å². The van der Waals surface area contributed by atoms with Crippen molar-refractivity contribution in [2.45, 2.75) is 58.3 Å². The van der Waals surface area contributed by atoms with E-state index in [1.54, 1.807) is 19.9 Å². The second-order valence-electron chi connectivity index (χ2n) is 8.90. The zero-order chi connectivity index (χ0) is 25.3. The third-order valence-corrected chi connectivity index (χ3v) is 7.28. The number of halogens is 1. The molecular weight excluding hydrogens is 470 g/mol. The number of ether oxygens (including phenoxy) is 3. The summed E-state index contributed by atoms with van der Waals surface area (Å²) in [6, 6.07) is 0.757. The topological polar surface area (TPSA) is 134 Å². The van der Waals surface area contributed by atoms with Gasteiger partial charge in [-0.05, 0) is 20.8 Å². The quantitative estimate of drug-likeness (QED) is 0.369. The largest absolute Gasteiger partial charge is 0.494 e. The highest BCUT2D eigenvalue weighted by Gasteiger charge is 2.55. The minimum absolute atomic E-state index is 0.288. The van der Waals surface area contributed by atoms with Crippen molar-refractivity contribution in [3.63, 3.8) is 0 Å². The minimum atomic E-state index is -3.50. The van der Waals surface area contributed by atoms with Gasteiger partial charge >= 0.3 is 5.97 Å². The van der Waals surface area contributed by atoms with Gasteiger partial charge in [0.1, 0.15) is 17.3 Å². The molecule has 2 aromatic rings. The summed E-state index contributed by atoms with van der Waals surface area (Å²) in [7, 11) is -2.00. The highest BCUT2D eigenvalue weighted by atomic mass is 31.2. The molecule has 0 spiro atoms. The van der Waals surface area contributed by atoms with Crippen molar-refractivity contribution in [3.8, 4) is 5.75 Å². The molecule has 0 saturated carbocycles. The number of nitrogens with zero attached hydrogens (tertiary/aromatic N) is 3. The maximum atomic E-state index is 15.6. The molecule has 0 aliphatic carbocycles. The Kier molecular flexibility index (Phi) is 7.99. The van der Waals surface area contributed by atoms with Crippen LogP contribution in [0.4, 0.5) is 4.39 Å². The Morgan fingerprint density at radius 3 is 2.74 bits per heavy atom. The first kappa shape index (κ1) is 26.5. The highest BCUT2D eigenvalue weighted by Crippen LogP contribution is 2.48. The molecule has 1 fully saturated rings. The van der Waals surface area contributed by atoms with E-state index in [0.717, 1.165) is 0 Å². The number of nitrogens with one attached hydrogen (secondary N) is 1. The summed E-state index contributed by atoms with van der Waals surface area (Å²) >= 11 is 0. The Hall–Kier alpha value is -2.11. The van der Waals surface area contributed by atoms with Crippen LogP contribution in [0.3, 0.4) is 0 Å². The number of fused-ring (bicyclic) bond motifs is 1. The number of rotatable bonds is 10. The number of aliphatic hydroxyl groups is 1. The number of esters is 1. The average molecular weight is 502 g/mol. The van der Waals surface area contributed by atoms with Crippen LogP contribution in [-0.4, -0.2) is 77.0 Å². The van der Waals surface area contributed by atoms with Crippen LogP contribution in [0, 0.1) is 5.41 Å². The number of methoxy groups -OCH3 is 1. The van der Waals surface area contributed by atoms with Gasteiger partial charge in [-0.1, -0.05) is 6.92 Å². The molecule has 190 valence electrons. The summed E-state index contributed by atoms with van der Waals surface area (Å²) < 4.78 is 51.8. The van der Waals surface area contributed by atoms with Crippen LogP contribution < -0.4 is 9.82 Å². The van der Waals surface area contributed by atoms with E-state index in [9.17, 15) is 14.5 Å². The number of aromatic nitrogens is 3. The fourth-order valence-corrected chi connectivity index (χ4v) is 5.07. The molecule has 2 N–H and O–H groups in total. The van der Waals surface area contributed by atoms with Crippen LogP contribution in [0.15, 0.2) is 18.6 Å². The SMILES string of the molecule is COc1ccnc2c1ncn2[C@@H]1O[C@H](COP(C)(=O)N[C@@H](C)C(=O)OC(C)C)C(C)(CO)[C@H]1F. The smallest absolute Gasteiger partial charge is 0.323 e. The van der Waals surface area contributed by atoms with E-state index in [1.165, 1.54) is 44.7 Å². The number of imidazole rings is 1. The third kappa shape index (κ3) is 5.26. The molecule has 0 amide bonds. The van der Waals surface area contributed by atoms with Gasteiger partial charge in [-0.25, -0.2) is 19.4 Å².